The maximum Gasteiger partial charge on any atom is 0.381 e. The zero-order chi connectivity index (χ0) is 14.1. The topological polar surface area (TPSA) is 69.4 Å². The summed E-state index contributed by atoms with van der Waals surface area (Å²) in [5.41, 5.74) is 1.10. The molecule has 19 heavy (non-hydrogen) atoms. The zero-order valence-corrected chi connectivity index (χ0v) is 10.7. The molecule has 0 bridgehead atoms. The summed E-state index contributed by atoms with van der Waals surface area (Å²) in [6, 6.07) is 8.37. The summed E-state index contributed by atoms with van der Waals surface area (Å²) >= 11 is 0. The summed E-state index contributed by atoms with van der Waals surface area (Å²) in [5, 5.41) is 10.8. The molecule has 0 N–H and O–H groups in total. The smallest absolute Gasteiger partial charge is 0.381 e. The van der Waals surface area contributed by atoms with Crippen LogP contribution in [-0.4, -0.2) is 23.5 Å². The first-order chi connectivity index (χ1) is 9.15. The number of esters is 1. The molecule has 0 aliphatic heterocycles. The van der Waals surface area contributed by atoms with Crippen LogP contribution in [0.1, 0.15) is 18.4 Å². The van der Waals surface area contributed by atoms with E-state index in [9.17, 15) is 14.9 Å². The van der Waals surface area contributed by atoms with Crippen LogP contribution < -0.4 is 0 Å². The van der Waals surface area contributed by atoms with E-state index in [1.807, 2.05) is 30.3 Å². The van der Waals surface area contributed by atoms with Gasteiger partial charge in [0, 0.05) is 11.3 Å². The SMILES string of the molecule is C=CCOC(=O)C(CCCc1ccccc1)[N+](=O)[O-]. The first-order valence-corrected chi connectivity index (χ1v) is 6.10. The second kappa shape index (κ2) is 8.02. The number of hydrogen-bond acceptors (Lipinski definition) is 4. The molecule has 0 saturated heterocycles. The highest BCUT2D eigenvalue weighted by molar-refractivity contribution is 5.74. The molecule has 0 heterocycles. The molecule has 0 radical (unpaired) electrons. The predicted molar refractivity (Wildman–Crippen MR) is 71.3 cm³/mol. The second-order valence-corrected chi connectivity index (χ2v) is 4.10. The number of benzene rings is 1. The first-order valence-electron chi connectivity index (χ1n) is 6.10. The highest BCUT2D eigenvalue weighted by atomic mass is 16.6. The van der Waals surface area contributed by atoms with Crippen molar-refractivity contribution in [2.75, 3.05) is 6.61 Å². The maximum absolute atomic E-state index is 11.5. The van der Waals surface area contributed by atoms with Gasteiger partial charge in [-0.05, 0) is 18.4 Å². The minimum atomic E-state index is -1.29. The number of aryl methyl sites for hydroxylation is 1. The van der Waals surface area contributed by atoms with Crippen molar-refractivity contribution in [3.63, 3.8) is 0 Å². The Balaban J connectivity index is 2.44. The fourth-order valence-corrected chi connectivity index (χ4v) is 1.69. The first kappa shape index (κ1) is 14.9. The van der Waals surface area contributed by atoms with Gasteiger partial charge in [-0.25, -0.2) is 4.79 Å². The number of rotatable bonds is 8. The fourth-order valence-electron chi connectivity index (χ4n) is 1.69. The summed E-state index contributed by atoms with van der Waals surface area (Å²) < 4.78 is 4.72. The molecule has 0 aromatic heterocycles. The van der Waals surface area contributed by atoms with Crippen molar-refractivity contribution < 1.29 is 14.5 Å². The molecule has 0 fully saturated rings. The van der Waals surface area contributed by atoms with E-state index in [0.717, 1.165) is 5.56 Å². The van der Waals surface area contributed by atoms with E-state index in [4.69, 9.17) is 4.74 Å². The Morgan fingerprint density at radius 3 is 2.68 bits per heavy atom. The normalized spacial score (nSPS) is 11.6. The summed E-state index contributed by atoms with van der Waals surface area (Å²) in [7, 11) is 0. The van der Waals surface area contributed by atoms with E-state index in [1.165, 1.54) is 6.08 Å². The standard InChI is InChI=1S/C14H17NO4/c1-2-11-19-14(16)13(15(17)18)10-6-9-12-7-4-3-5-8-12/h2-5,7-8,13H,1,6,9-11H2. The van der Waals surface area contributed by atoms with Gasteiger partial charge in [-0.3, -0.25) is 10.1 Å². The minimum Gasteiger partial charge on any atom is -0.456 e. The third-order valence-corrected chi connectivity index (χ3v) is 2.66. The molecule has 0 spiro atoms. The quantitative estimate of drug-likeness (QED) is 0.312. The highest BCUT2D eigenvalue weighted by Crippen LogP contribution is 2.09. The van der Waals surface area contributed by atoms with Crippen LogP contribution in [0.3, 0.4) is 0 Å². The van der Waals surface area contributed by atoms with Crippen LogP contribution in [0.25, 0.3) is 0 Å². The van der Waals surface area contributed by atoms with Crippen molar-refractivity contribution in [3.8, 4) is 0 Å². The van der Waals surface area contributed by atoms with Gasteiger partial charge in [0.25, 0.3) is 0 Å². The van der Waals surface area contributed by atoms with Gasteiger partial charge >= 0.3 is 12.0 Å². The Bertz CT molecular complexity index is 430. The molecular weight excluding hydrogens is 246 g/mol. The lowest BCUT2D eigenvalue weighted by Crippen LogP contribution is -2.31. The molecule has 0 amide bonds. The van der Waals surface area contributed by atoms with Crippen molar-refractivity contribution in [3.05, 3.63) is 58.7 Å². The van der Waals surface area contributed by atoms with E-state index >= 15 is 0 Å². The van der Waals surface area contributed by atoms with Gasteiger partial charge in [0.1, 0.15) is 6.61 Å². The summed E-state index contributed by atoms with van der Waals surface area (Å²) in [6.45, 7) is 3.39. The van der Waals surface area contributed by atoms with Gasteiger partial charge in [-0.1, -0.05) is 43.0 Å². The minimum absolute atomic E-state index is 0.00184. The highest BCUT2D eigenvalue weighted by Gasteiger charge is 2.30. The van der Waals surface area contributed by atoms with Gasteiger partial charge in [-0.15, -0.1) is 0 Å². The molecule has 5 heteroatoms. The van der Waals surface area contributed by atoms with E-state index in [0.29, 0.717) is 12.8 Å². The number of nitro groups is 1. The van der Waals surface area contributed by atoms with Gasteiger partial charge in [-0.2, -0.15) is 0 Å². The number of carbonyl (C=O) groups excluding carboxylic acids is 1. The Kier molecular flexibility index (Phi) is 6.29. The molecular formula is C14H17NO4. The van der Waals surface area contributed by atoms with Crippen molar-refractivity contribution in [2.24, 2.45) is 0 Å². The van der Waals surface area contributed by atoms with Crippen LogP contribution in [0.2, 0.25) is 0 Å². The lowest BCUT2D eigenvalue weighted by atomic mass is 10.1. The van der Waals surface area contributed by atoms with Crippen molar-refractivity contribution >= 4 is 5.97 Å². The lowest BCUT2D eigenvalue weighted by molar-refractivity contribution is -0.511. The van der Waals surface area contributed by atoms with Crippen LogP contribution in [0.4, 0.5) is 0 Å². The molecule has 1 aromatic rings. The third-order valence-electron chi connectivity index (χ3n) is 2.66. The molecule has 102 valence electrons. The van der Waals surface area contributed by atoms with Gasteiger partial charge in [0.05, 0.1) is 0 Å². The Morgan fingerprint density at radius 2 is 2.11 bits per heavy atom. The Labute approximate surface area is 112 Å². The largest absolute Gasteiger partial charge is 0.456 e. The third kappa shape index (κ3) is 5.33. The van der Waals surface area contributed by atoms with Gasteiger partial charge < -0.3 is 4.74 Å². The van der Waals surface area contributed by atoms with E-state index < -0.39 is 16.9 Å². The maximum atomic E-state index is 11.5. The van der Waals surface area contributed by atoms with Crippen molar-refractivity contribution in [1.82, 2.24) is 0 Å². The van der Waals surface area contributed by atoms with Crippen LogP contribution in [0.5, 0.6) is 0 Å². The summed E-state index contributed by atoms with van der Waals surface area (Å²) in [5.74, 6) is -0.794. The van der Waals surface area contributed by atoms with Gasteiger partial charge in [0.15, 0.2) is 0 Å². The number of carbonyl (C=O) groups is 1. The van der Waals surface area contributed by atoms with Crippen LogP contribution in [0.15, 0.2) is 43.0 Å². The van der Waals surface area contributed by atoms with E-state index in [-0.39, 0.29) is 13.0 Å². The lowest BCUT2D eigenvalue weighted by Gasteiger charge is -2.08. The van der Waals surface area contributed by atoms with Crippen molar-refractivity contribution in [1.29, 1.82) is 0 Å². The van der Waals surface area contributed by atoms with Crippen LogP contribution in [-0.2, 0) is 16.0 Å². The number of hydrogen-bond donors (Lipinski definition) is 0. The Morgan fingerprint density at radius 1 is 1.42 bits per heavy atom. The number of nitrogens with zero attached hydrogens (tertiary/aromatic N) is 1. The molecule has 1 rings (SSSR count). The van der Waals surface area contributed by atoms with Gasteiger partial charge in [0.2, 0.25) is 0 Å². The predicted octanol–water partition coefficient (Wildman–Crippen LogP) is 2.38. The monoisotopic (exact) mass is 263 g/mol. The molecule has 1 aromatic carbocycles. The van der Waals surface area contributed by atoms with Crippen LogP contribution in [0, 0.1) is 10.1 Å². The average Bonchev–Trinajstić information content (AvgIpc) is 2.41. The molecule has 1 atom stereocenters. The Hall–Kier alpha value is -2.17. The fraction of sp³-hybridized carbons (Fsp3) is 0.357. The molecule has 0 aliphatic carbocycles. The molecule has 0 aliphatic rings. The van der Waals surface area contributed by atoms with E-state index in [2.05, 4.69) is 6.58 Å². The molecule has 1 unspecified atom stereocenters. The van der Waals surface area contributed by atoms with E-state index in [1.54, 1.807) is 0 Å². The molecule has 5 nitrogen and oxygen atoms in total. The zero-order valence-electron chi connectivity index (χ0n) is 10.7. The average molecular weight is 263 g/mol. The summed E-state index contributed by atoms with van der Waals surface area (Å²) in [6.07, 6.45) is 2.84. The van der Waals surface area contributed by atoms with Crippen molar-refractivity contribution in [2.45, 2.75) is 25.3 Å². The van der Waals surface area contributed by atoms with Crippen LogP contribution >= 0.6 is 0 Å². The molecule has 0 saturated carbocycles. The second-order valence-electron chi connectivity index (χ2n) is 4.10. The number of ether oxygens (including phenoxy) is 1. The summed E-state index contributed by atoms with van der Waals surface area (Å²) in [4.78, 5) is 21.7.